The maximum Gasteiger partial charge on any atom is 0.242 e. The number of carbonyl (C=O) groups excluding carboxylic acids is 2. The quantitative estimate of drug-likeness (QED) is 0.670. The Morgan fingerprint density at radius 1 is 1.12 bits per heavy atom. The molecule has 0 atom stereocenters. The van der Waals surface area contributed by atoms with Crippen molar-refractivity contribution in [2.45, 2.75) is 12.8 Å². The Morgan fingerprint density at radius 3 is 2.38 bits per heavy atom. The Kier molecular flexibility index (Phi) is 8.33. The SMILES string of the molecule is C=CCN(CC=C)C(=O)CNc1cccc(CCC(=O)N(C)C)c1. The van der Waals surface area contributed by atoms with Crippen molar-refractivity contribution < 1.29 is 9.59 Å². The first-order chi connectivity index (χ1) is 11.5. The van der Waals surface area contributed by atoms with E-state index in [-0.39, 0.29) is 18.4 Å². The van der Waals surface area contributed by atoms with Crippen molar-refractivity contribution in [2.24, 2.45) is 0 Å². The van der Waals surface area contributed by atoms with Crippen LogP contribution < -0.4 is 5.32 Å². The lowest BCUT2D eigenvalue weighted by atomic mass is 10.1. The van der Waals surface area contributed by atoms with E-state index < -0.39 is 0 Å². The van der Waals surface area contributed by atoms with E-state index >= 15 is 0 Å². The molecule has 24 heavy (non-hydrogen) atoms. The lowest BCUT2D eigenvalue weighted by Crippen LogP contribution is -2.35. The van der Waals surface area contributed by atoms with Gasteiger partial charge in [-0.1, -0.05) is 24.3 Å². The predicted octanol–water partition coefficient (Wildman–Crippen LogP) is 2.32. The van der Waals surface area contributed by atoms with Crippen LogP contribution in [-0.4, -0.2) is 55.3 Å². The average Bonchev–Trinajstić information content (AvgIpc) is 2.57. The number of nitrogens with one attached hydrogen (secondary N) is 1. The molecule has 0 bridgehead atoms. The summed E-state index contributed by atoms with van der Waals surface area (Å²) < 4.78 is 0. The van der Waals surface area contributed by atoms with Crippen LogP contribution in [0, 0.1) is 0 Å². The Labute approximate surface area is 144 Å². The lowest BCUT2D eigenvalue weighted by Gasteiger charge is -2.20. The molecule has 0 saturated carbocycles. The second-order valence-corrected chi connectivity index (χ2v) is 5.72. The van der Waals surface area contributed by atoms with Crippen LogP contribution >= 0.6 is 0 Å². The predicted molar refractivity (Wildman–Crippen MR) is 98.9 cm³/mol. The number of rotatable bonds is 10. The maximum atomic E-state index is 12.2. The van der Waals surface area contributed by atoms with E-state index in [9.17, 15) is 9.59 Å². The van der Waals surface area contributed by atoms with Gasteiger partial charge in [0.2, 0.25) is 11.8 Å². The van der Waals surface area contributed by atoms with Crippen LogP contribution in [0.5, 0.6) is 0 Å². The van der Waals surface area contributed by atoms with Crippen LogP contribution in [0.15, 0.2) is 49.6 Å². The van der Waals surface area contributed by atoms with Gasteiger partial charge in [0.25, 0.3) is 0 Å². The molecule has 1 N–H and O–H groups in total. The summed E-state index contributed by atoms with van der Waals surface area (Å²) in [5, 5.41) is 3.14. The minimum atomic E-state index is -0.0111. The van der Waals surface area contributed by atoms with Crippen molar-refractivity contribution in [1.29, 1.82) is 0 Å². The summed E-state index contributed by atoms with van der Waals surface area (Å²) in [7, 11) is 3.51. The molecule has 0 aliphatic heterocycles. The monoisotopic (exact) mass is 329 g/mol. The van der Waals surface area contributed by atoms with E-state index in [1.807, 2.05) is 24.3 Å². The van der Waals surface area contributed by atoms with E-state index in [2.05, 4.69) is 18.5 Å². The van der Waals surface area contributed by atoms with Gasteiger partial charge in [-0.15, -0.1) is 13.2 Å². The molecule has 0 heterocycles. The third-order valence-corrected chi connectivity index (χ3v) is 3.55. The maximum absolute atomic E-state index is 12.2. The van der Waals surface area contributed by atoms with Gasteiger partial charge < -0.3 is 15.1 Å². The molecule has 0 aliphatic carbocycles. The van der Waals surface area contributed by atoms with Crippen molar-refractivity contribution >= 4 is 17.5 Å². The lowest BCUT2D eigenvalue weighted by molar-refractivity contribution is -0.129. The van der Waals surface area contributed by atoms with Crippen molar-refractivity contribution in [3.63, 3.8) is 0 Å². The van der Waals surface area contributed by atoms with Gasteiger partial charge >= 0.3 is 0 Å². The summed E-state index contributed by atoms with van der Waals surface area (Å²) >= 11 is 0. The van der Waals surface area contributed by atoms with Crippen LogP contribution in [0.3, 0.4) is 0 Å². The Bertz CT molecular complexity index is 572. The smallest absolute Gasteiger partial charge is 0.242 e. The zero-order valence-electron chi connectivity index (χ0n) is 14.6. The Balaban J connectivity index is 2.57. The molecule has 1 aromatic carbocycles. The van der Waals surface area contributed by atoms with E-state index in [0.29, 0.717) is 25.9 Å². The fraction of sp³-hybridized carbons (Fsp3) is 0.368. The Hall–Kier alpha value is -2.56. The van der Waals surface area contributed by atoms with Crippen LogP contribution in [0.2, 0.25) is 0 Å². The summed E-state index contributed by atoms with van der Waals surface area (Å²) in [5.41, 5.74) is 1.94. The summed E-state index contributed by atoms with van der Waals surface area (Å²) in [6, 6.07) is 7.79. The molecular weight excluding hydrogens is 302 g/mol. The van der Waals surface area contributed by atoms with Gasteiger partial charge in [0.05, 0.1) is 6.54 Å². The number of hydrogen-bond acceptors (Lipinski definition) is 3. The van der Waals surface area contributed by atoms with Gasteiger partial charge in [-0.2, -0.15) is 0 Å². The highest BCUT2D eigenvalue weighted by atomic mass is 16.2. The minimum Gasteiger partial charge on any atom is -0.376 e. The molecule has 130 valence electrons. The molecule has 0 fully saturated rings. The highest BCUT2D eigenvalue weighted by molar-refractivity contribution is 5.81. The zero-order chi connectivity index (χ0) is 17.9. The molecule has 0 saturated heterocycles. The first-order valence-electron chi connectivity index (χ1n) is 8.00. The van der Waals surface area contributed by atoms with Crippen LogP contribution in [0.4, 0.5) is 5.69 Å². The third kappa shape index (κ3) is 6.69. The highest BCUT2D eigenvalue weighted by Crippen LogP contribution is 2.12. The second-order valence-electron chi connectivity index (χ2n) is 5.72. The van der Waals surface area contributed by atoms with Gasteiger partial charge in [0, 0.05) is 39.3 Å². The van der Waals surface area contributed by atoms with Crippen molar-refractivity contribution in [3.8, 4) is 0 Å². The molecular formula is C19H27N3O2. The first kappa shape index (κ1) is 19.5. The molecule has 2 amide bonds. The average molecular weight is 329 g/mol. The van der Waals surface area contributed by atoms with Crippen LogP contribution in [0.25, 0.3) is 0 Å². The number of benzene rings is 1. The standard InChI is InChI=1S/C19H27N3O2/c1-5-12-22(13-6-2)19(24)15-20-17-9-7-8-16(14-17)10-11-18(23)21(3)4/h5-9,14,20H,1-2,10-13,15H2,3-4H3. The summed E-state index contributed by atoms with van der Waals surface area (Å²) in [6.07, 6.45) is 4.55. The number of nitrogens with zero attached hydrogens (tertiary/aromatic N) is 2. The van der Waals surface area contributed by atoms with Gasteiger partial charge in [-0.05, 0) is 24.1 Å². The number of hydrogen-bond donors (Lipinski definition) is 1. The first-order valence-corrected chi connectivity index (χ1v) is 8.00. The number of carbonyl (C=O) groups is 2. The molecule has 1 rings (SSSR count). The Morgan fingerprint density at radius 2 is 1.79 bits per heavy atom. The van der Waals surface area contributed by atoms with Crippen LogP contribution in [-0.2, 0) is 16.0 Å². The van der Waals surface area contributed by atoms with E-state index in [1.54, 1.807) is 36.0 Å². The molecule has 0 spiro atoms. The molecule has 0 aliphatic rings. The molecule has 5 nitrogen and oxygen atoms in total. The minimum absolute atomic E-state index is 0.0111. The fourth-order valence-electron chi connectivity index (χ4n) is 2.19. The van der Waals surface area contributed by atoms with Gasteiger partial charge in [0.15, 0.2) is 0 Å². The topological polar surface area (TPSA) is 52.7 Å². The number of amides is 2. The highest BCUT2D eigenvalue weighted by Gasteiger charge is 2.10. The summed E-state index contributed by atoms with van der Waals surface area (Å²) in [4.78, 5) is 27.1. The number of anilines is 1. The molecule has 5 heteroatoms. The van der Waals surface area contributed by atoms with E-state index in [0.717, 1.165) is 11.3 Å². The molecule has 0 unspecified atom stereocenters. The molecule has 1 aromatic rings. The summed E-state index contributed by atoms with van der Waals surface area (Å²) in [5.74, 6) is 0.0935. The fourth-order valence-corrected chi connectivity index (χ4v) is 2.19. The van der Waals surface area contributed by atoms with Crippen LogP contribution in [0.1, 0.15) is 12.0 Å². The number of aryl methyl sites for hydroxylation is 1. The van der Waals surface area contributed by atoms with Gasteiger partial charge in [-0.3, -0.25) is 9.59 Å². The molecule has 0 radical (unpaired) electrons. The summed E-state index contributed by atoms with van der Waals surface area (Å²) in [6.45, 7) is 8.53. The normalized spacial score (nSPS) is 9.92. The van der Waals surface area contributed by atoms with E-state index in [4.69, 9.17) is 0 Å². The largest absolute Gasteiger partial charge is 0.376 e. The third-order valence-electron chi connectivity index (χ3n) is 3.55. The van der Waals surface area contributed by atoms with Crippen molar-refractivity contribution in [3.05, 3.63) is 55.1 Å². The van der Waals surface area contributed by atoms with Gasteiger partial charge in [-0.25, -0.2) is 0 Å². The van der Waals surface area contributed by atoms with Gasteiger partial charge in [0.1, 0.15) is 0 Å². The van der Waals surface area contributed by atoms with Crippen molar-refractivity contribution in [2.75, 3.05) is 39.0 Å². The van der Waals surface area contributed by atoms with E-state index in [1.165, 1.54) is 0 Å². The second kappa shape index (κ2) is 10.3. The van der Waals surface area contributed by atoms with Crippen molar-refractivity contribution in [1.82, 2.24) is 9.80 Å². The zero-order valence-corrected chi connectivity index (χ0v) is 14.6. The molecule has 0 aromatic heterocycles.